The maximum Gasteiger partial charge on any atom is 0.242 e. The van der Waals surface area contributed by atoms with E-state index in [2.05, 4.69) is 10.6 Å². The van der Waals surface area contributed by atoms with E-state index in [1.165, 1.54) is 12.8 Å². The third-order valence-electron chi connectivity index (χ3n) is 5.94. The van der Waals surface area contributed by atoms with Crippen LogP contribution in [0.25, 0.3) is 11.0 Å². The van der Waals surface area contributed by atoms with Gasteiger partial charge in [-0.15, -0.1) is 0 Å². The van der Waals surface area contributed by atoms with Crippen molar-refractivity contribution in [3.05, 3.63) is 30.1 Å². The topological polar surface area (TPSA) is 58.4 Å². The van der Waals surface area contributed by atoms with Crippen LogP contribution in [0.2, 0.25) is 0 Å². The van der Waals surface area contributed by atoms with Crippen molar-refractivity contribution in [1.82, 2.24) is 14.5 Å². The maximum atomic E-state index is 12.9. The number of fused-ring (bicyclic) bond motifs is 1. The van der Waals surface area contributed by atoms with Gasteiger partial charge in [-0.25, -0.2) is 4.98 Å². The van der Waals surface area contributed by atoms with Crippen molar-refractivity contribution >= 4 is 16.9 Å². The molecule has 2 aliphatic carbocycles. The Bertz CT molecular complexity index is 757. The van der Waals surface area contributed by atoms with Crippen molar-refractivity contribution in [2.75, 3.05) is 13.7 Å². The summed E-state index contributed by atoms with van der Waals surface area (Å²) >= 11 is 0. The average molecular weight is 341 g/mol. The molecular weight excluding hydrogens is 314 g/mol. The van der Waals surface area contributed by atoms with E-state index in [4.69, 9.17) is 4.98 Å². The molecule has 2 saturated carbocycles. The van der Waals surface area contributed by atoms with Gasteiger partial charge in [0.2, 0.25) is 5.91 Å². The highest BCUT2D eigenvalue weighted by atomic mass is 16.3. The SMILES string of the molecule is CN(C(=O)Cn1c(C2CC2)nc2ccccc21)C1CCC(CO)CC1. The largest absolute Gasteiger partial charge is 0.396 e. The molecule has 1 heterocycles. The Morgan fingerprint density at radius 3 is 2.60 bits per heavy atom. The molecule has 2 aliphatic rings. The van der Waals surface area contributed by atoms with Gasteiger partial charge in [0, 0.05) is 25.6 Å². The van der Waals surface area contributed by atoms with Gasteiger partial charge in [-0.3, -0.25) is 4.79 Å². The second kappa shape index (κ2) is 6.79. The van der Waals surface area contributed by atoms with Crippen LogP contribution in [0.15, 0.2) is 24.3 Å². The molecule has 0 spiro atoms. The summed E-state index contributed by atoms with van der Waals surface area (Å²) in [6.07, 6.45) is 6.37. The van der Waals surface area contributed by atoms with Gasteiger partial charge in [0.1, 0.15) is 12.4 Å². The lowest BCUT2D eigenvalue weighted by Crippen LogP contribution is -2.41. The van der Waals surface area contributed by atoms with Crippen molar-refractivity contribution in [2.45, 2.75) is 57.0 Å². The zero-order chi connectivity index (χ0) is 17.4. The van der Waals surface area contributed by atoms with E-state index in [0.29, 0.717) is 24.4 Å². The van der Waals surface area contributed by atoms with E-state index in [1.807, 2.05) is 30.1 Å². The van der Waals surface area contributed by atoms with Crippen molar-refractivity contribution in [1.29, 1.82) is 0 Å². The molecule has 1 aromatic carbocycles. The molecule has 0 atom stereocenters. The summed E-state index contributed by atoms with van der Waals surface area (Å²) < 4.78 is 2.13. The lowest BCUT2D eigenvalue weighted by molar-refractivity contribution is -0.133. The number of aliphatic hydroxyl groups is 1. The first-order valence-corrected chi connectivity index (χ1v) is 9.49. The number of aromatic nitrogens is 2. The fourth-order valence-electron chi connectivity index (χ4n) is 4.08. The number of aliphatic hydroxyl groups excluding tert-OH is 1. The molecule has 5 nitrogen and oxygen atoms in total. The zero-order valence-corrected chi connectivity index (χ0v) is 14.9. The molecule has 0 unspecified atom stereocenters. The fraction of sp³-hybridized carbons (Fsp3) is 0.600. The van der Waals surface area contributed by atoms with E-state index in [0.717, 1.165) is 42.5 Å². The van der Waals surface area contributed by atoms with Crippen LogP contribution in [0.4, 0.5) is 0 Å². The van der Waals surface area contributed by atoms with Gasteiger partial charge in [-0.05, 0) is 56.6 Å². The number of carbonyl (C=O) groups is 1. The quantitative estimate of drug-likeness (QED) is 0.910. The zero-order valence-electron chi connectivity index (χ0n) is 14.9. The normalized spacial score (nSPS) is 23.8. The van der Waals surface area contributed by atoms with Crippen LogP contribution < -0.4 is 0 Å². The Balaban J connectivity index is 1.51. The highest BCUT2D eigenvalue weighted by molar-refractivity contribution is 5.81. The molecule has 0 saturated heterocycles. The number of carbonyl (C=O) groups excluding carboxylic acids is 1. The first kappa shape index (κ1) is 16.6. The predicted octanol–water partition coefficient (Wildman–Crippen LogP) is 2.92. The number of rotatable bonds is 5. The molecule has 134 valence electrons. The van der Waals surface area contributed by atoms with Crippen molar-refractivity contribution in [3.8, 4) is 0 Å². The molecule has 4 rings (SSSR count). The molecular formula is C20H27N3O2. The summed E-state index contributed by atoms with van der Waals surface area (Å²) in [4.78, 5) is 19.6. The minimum absolute atomic E-state index is 0.164. The minimum Gasteiger partial charge on any atom is -0.396 e. The number of nitrogens with zero attached hydrogens (tertiary/aromatic N) is 3. The van der Waals surface area contributed by atoms with E-state index >= 15 is 0 Å². The van der Waals surface area contributed by atoms with Crippen LogP contribution in [0.3, 0.4) is 0 Å². The molecule has 1 N–H and O–H groups in total. The number of likely N-dealkylation sites (N-methyl/N-ethyl adjacent to an activating group) is 1. The number of para-hydroxylation sites is 2. The monoisotopic (exact) mass is 341 g/mol. The lowest BCUT2D eigenvalue weighted by Gasteiger charge is -2.34. The van der Waals surface area contributed by atoms with E-state index in [1.54, 1.807) is 0 Å². The Morgan fingerprint density at radius 2 is 1.92 bits per heavy atom. The fourth-order valence-corrected chi connectivity index (χ4v) is 4.08. The first-order valence-electron chi connectivity index (χ1n) is 9.49. The van der Waals surface area contributed by atoms with Crippen molar-refractivity contribution < 1.29 is 9.90 Å². The summed E-state index contributed by atoms with van der Waals surface area (Å²) in [5.74, 6) is 2.17. The second-order valence-corrected chi connectivity index (χ2v) is 7.68. The predicted molar refractivity (Wildman–Crippen MR) is 97.3 cm³/mol. The number of hydrogen-bond donors (Lipinski definition) is 1. The van der Waals surface area contributed by atoms with Gasteiger partial charge in [0.15, 0.2) is 0 Å². The van der Waals surface area contributed by atoms with E-state index in [9.17, 15) is 9.90 Å². The van der Waals surface area contributed by atoms with Crippen molar-refractivity contribution in [2.24, 2.45) is 5.92 Å². The molecule has 1 aromatic heterocycles. The number of imidazole rings is 1. The van der Waals surface area contributed by atoms with Crippen LogP contribution in [-0.2, 0) is 11.3 Å². The molecule has 5 heteroatoms. The summed E-state index contributed by atoms with van der Waals surface area (Å²) in [7, 11) is 1.93. The van der Waals surface area contributed by atoms with Crippen LogP contribution in [0.5, 0.6) is 0 Å². The Kier molecular flexibility index (Phi) is 4.50. The highest BCUT2D eigenvalue weighted by Crippen LogP contribution is 2.40. The van der Waals surface area contributed by atoms with Gasteiger partial charge in [0.25, 0.3) is 0 Å². The summed E-state index contributed by atoms with van der Waals surface area (Å²) in [5, 5.41) is 9.29. The Morgan fingerprint density at radius 1 is 1.20 bits per heavy atom. The van der Waals surface area contributed by atoms with Gasteiger partial charge in [-0.2, -0.15) is 0 Å². The van der Waals surface area contributed by atoms with E-state index in [-0.39, 0.29) is 12.5 Å². The standard InChI is InChI=1S/C20H27N3O2/c1-22(16-10-6-14(13-24)7-11-16)19(25)12-23-18-5-3-2-4-17(18)21-20(23)15-8-9-15/h2-5,14-16,24H,6-13H2,1H3. The van der Waals surface area contributed by atoms with Crippen LogP contribution in [0.1, 0.15) is 50.3 Å². The smallest absolute Gasteiger partial charge is 0.242 e. The minimum atomic E-state index is 0.164. The van der Waals surface area contributed by atoms with E-state index < -0.39 is 0 Å². The summed E-state index contributed by atoms with van der Waals surface area (Å²) in [6.45, 7) is 0.652. The molecule has 25 heavy (non-hydrogen) atoms. The Hall–Kier alpha value is -1.88. The van der Waals surface area contributed by atoms with Gasteiger partial charge in [-0.1, -0.05) is 12.1 Å². The van der Waals surface area contributed by atoms with Crippen LogP contribution in [0, 0.1) is 5.92 Å². The number of benzene rings is 1. The van der Waals surface area contributed by atoms with Crippen LogP contribution >= 0.6 is 0 Å². The third-order valence-corrected chi connectivity index (χ3v) is 5.94. The van der Waals surface area contributed by atoms with Gasteiger partial charge in [0.05, 0.1) is 11.0 Å². The molecule has 0 aliphatic heterocycles. The molecule has 0 radical (unpaired) electrons. The number of amides is 1. The maximum absolute atomic E-state index is 12.9. The lowest BCUT2D eigenvalue weighted by atomic mass is 9.86. The summed E-state index contributed by atoms with van der Waals surface area (Å²) in [5.41, 5.74) is 2.05. The highest BCUT2D eigenvalue weighted by Gasteiger charge is 2.31. The second-order valence-electron chi connectivity index (χ2n) is 7.68. The van der Waals surface area contributed by atoms with Crippen molar-refractivity contribution in [3.63, 3.8) is 0 Å². The van der Waals surface area contributed by atoms with Gasteiger partial charge < -0.3 is 14.6 Å². The third kappa shape index (κ3) is 3.30. The summed E-state index contributed by atoms with van der Waals surface area (Å²) in [6, 6.07) is 8.41. The molecule has 0 bridgehead atoms. The molecule has 2 aromatic rings. The molecule has 1 amide bonds. The average Bonchev–Trinajstić information content (AvgIpc) is 3.44. The number of hydrogen-bond acceptors (Lipinski definition) is 3. The Labute approximate surface area is 148 Å². The molecule has 2 fully saturated rings. The van der Waals surface area contributed by atoms with Gasteiger partial charge >= 0.3 is 0 Å². The first-order chi connectivity index (χ1) is 12.2. The van der Waals surface area contributed by atoms with Crippen LogP contribution in [-0.4, -0.2) is 45.2 Å².